The second-order valence-electron chi connectivity index (χ2n) is 5.13. The molecule has 4 heteroatoms. The summed E-state index contributed by atoms with van der Waals surface area (Å²) in [6, 6.07) is 19.6. The highest BCUT2D eigenvalue weighted by Gasteiger charge is 2.17. The highest BCUT2D eigenvalue weighted by molar-refractivity contribution is 6.07. The van der Waals surface area contributed by atoms with Crippen molar-refractivity contribution in [3.63, 3.8) is 0 Å². The van der Waals surface area contributed by atoms with Crippen LogP contribution in [-0.4, -0.2) is 17.0 Å². The Kier molecular flexibility index (Phi) is 4.38. The normalized spacial score (nSPS) is 10.8. The van der Waals surface area contributed by atoms with Crippen LogP contribution in [0.25, 0.3) is 16.8 Å². The summed E-state index contributed by atoms with van der Waals surface area (Å²) in [5.74, 6) is -1.73. The van der Waals surface area contributed by atoms with Crippen molar-refractivity contribution in [2.24, 2.45) is 0 Å². The molecule has 0 atom stereocenters. The summed E-state index contributed by atoms with van der Waals surface area (Å²) in [5, 5.41) is 10.8. The van der Waals surface area contributed by atoms with Gasteiger partial charge in [0.15, 0.2) is 0 Å². The molecule has 0 fully saturated rings. The molecule has 0 aliphatic carbocycles. The number of rotatable bonds is 4. The van der Waals surface area contributed by atoms with E-state index in [1.807, 2.05) is 42.5 Å². The Morgan fingerprint density at radius 1 is 0.875 bits per heavy atom. The van der Waals surface area contributed by atoms with Crippen LogP contribution < -0.4 is 4.74 Å². The van der Waals surface area contributed by atoms with Crippen molar-refractivity contribution >= 4 is 28.8 Å². The van der Waals surface area contributed by atoms with E-state index in [2.05, 4.69) is 0 Å². The number of esters is 1. The first-order valence-electron chi connectivity index (χ1n) is 7.35. The van der Waals surface area contributed by atoms with Gasteiger partial charge in [0, 0.05) is 6.08 Å². The van der Waals surface area contributed by atoms with E-state index in [4.69, 9.17) is 4.74 Å². The van der Waals surface area contributed by atoms with Gasteiger partial charge in [-0.05, 0) is 28.5 Å². The third-order valence-electron chi connectivity index (χ3n) is 3.53. The molecule has 0 bridgehead atoms. The molecule has 0 heterocycles. The summed E-state index contributed by atoms with van der Waals surface area (Å²) in [7, 11) is 0. The van der Waals surface area contributed by atoms with Crippen LogP contribution in [0.15, 0.2) is 72.8 Å². The molecule has 3 rings (SSSR count). The second-order valence-corrected chi connectivity index (χ2v) is 5.13. The number of ether oxygens (including phenoxy) is 1. The number of hydrogen-bond donors (Lipinski definition) is 1. The summed E-state index contributed by atoms with van der Waals surface area (Å²) in [6.45, 7) is 0. The van der Waals surface area contributed by atoms with Gasteiger partial charge in [-0.1, -0.05) is 60.7 Å². The number of hydrogen-bond acceptors (Lipinski definition) is 3. The Morgan fingerprint density at radius 3 is 2.33 bits per heavy atom. The van der Waals surface area contributed by atoms with Crippen molar-refractivity contribution in [3.8, 4) is 5.75 Å². The Balaban J connectivity index is 1.89. The van der Waals surface area contributed by atoms with E-state index in [1.165, 1.54) is 12.1 Å². The van der Waals surface area contributed by atoms with Gasteiger partial charge in [-0.3, -0.25) is 0 Å². The van der Waals surface area contributed by atoms with Gasteiger partial charge in [0.2, 0.25) is 0 Å². The maximum atomic E-state index is 12.0. The molecule has 0 radical (unpaired) electrons. The molecule has 0 spiro atoms. The minimum atomic E-state index is -1.14. The van der Waals surface area contributed by atoms with E-state index in [0.29, 0.717) is 5.39 Å². The fourth-order valence-corrected chi connectivity index (χ4v) is 2.43. The maximum Gasteiger partial charge on any atom is 0.340 e. The van der Waals surface area contributed by atoms with Crippen LogP contribution in [0.4, 0.5) is 0 Å². The van der Waals surface area contributed by atoms with Gasteiger partial charge < -0.3 is 9.84 Å². The predicted octanol–water partition coefficient (Wildman–Crippen LogP) is 4.16. The van der Waals surface area contributed by atoms with Gasteiger partial charge in [0.1, 0.15) is 11.3 Å². The average molecular weight is 318 g/mol. The van der Waals surface area contributed by atoms with Crippen LogP contribution in [0.2, 0.25) is 0 Å². The molecule has 0 aliphatic heterocycles. The van der Waals surface area contributed by atoms with Crippen LogP contribution in [0.5, 0.6) is 5.75 Å². The van der Waals surface area contributed by atoms with Crippen molar-refractivity contribution in [2.45, 2.75) is 0 Å². The van der Waals surface area contributed by atoms with Crippen molar-refractivity contribution in [1.29, 1.82) is 0 Å². The fraction of sp³-hybridized carbons (Fsp3) is 0. The van der Waals surface area contributed by atoms with E-state index in [1.54, 1.807) is 24.3 Å². The zero-order valence-corrected chi connectivity index (χ0v) is 12.7. The van der Waals surface area contributed by atoms with Gasteiger partial charge >= 0.3 is 11.9 Å². The minimum absolute atomic E-state index is 0.0189. The number of carbonyl (C=O) groups excluding carboxylic acids is 1. The summed E-state index contributed by atoms with van der Waals surface area (Å²) in [6.07, 6.45) is 2.89. The molecule has 3 aromatic carbocycles. The zero-order valence-electron chi connectivity index (χ0n) is 12.7. The molecule has 118 valence electrons. The molecule has 0 saturated heterocycles. The molecule has 24 heavy (non-hydrogen) atoms. The van der Waals surface area contributed by atoms with E-state index in [9.17, 15) is 14.7 Å². The molecule has 0 aromatic heterocycles. The summed E-state index contributed by atoms with van der Waals surface area (Å²) in [5.41, 5.74) is 0.834. The lowest BCUT2D eigenvalue weighted by molar-refractivity contribution is -0.128. The average Bonchev–Trinajstić information content (AvgIpc) is 2.60. The topological polar surface area (TPSA) is 63.6 Å². The third-order valence-corrected chi connectivity index (χ3v) is 3.53. The van der Waals surface area contributed by atoms with Gasteiger partial charge in [-0.25, -0.2) is 9.59 Å². The summed E-state index contributed by atoms with van der Waals surface area (Å²) < 4.78 is 5.23. The first kappa shape index (κ1) is 15.5. The molecule has 0 amide bonds. The number of carboxylic acid groups (broad SMARTS) is 1. The molecule has 1 N–H and O–H groups in total. The lowest BCUT2D eigenvalue weighted by atomic mass is 10.0. The Bertz CT molecular complexity index is 927. The maximum absolute atomic E-state index is 12.0. The molecular formula is C20H14O4. The van der Waals surface area contributed by atoms with Gasteiger partial charge in [0.05, 0.1) is 0 Å². The molecule has 4 nitrogen and oxygen atoms in total. The highest BCUT2D eigenvalue weighted by Crippen LogP contribution is 2.28. The number of carbonyl (C=O) groups is 2. The molecular weight excluding hydrogens is 304 g/mol. The lowest BCUT2D eigenvalue weighted by Crippen LogP contribution is -2.09. The Morgan fingerprint density at radius 2 is 1.58 bits per heavy atom. The monoisotopic (exact) mass is 318 g/mol. The fourth-order valence-electron chi connectivity index (χ4n) is 2.43. The predicted molar refractivity (Wildman–Crippen MR) is 92.0 cm³/mol. The number of benzene rings is 3. The molecule has 0 aliphatic rings. The van der Waals surface area contributed by atoms with E-state index in [0.717, 1.165) is 10.9 Å². The zero-order chi connectivity index (χ0) is 16.9. The van der Waals surface area contributed by atoms with E-state index >= 15 is 0 Å². The van der Waals surface area contributed by atoms with Gasteiger partial charge in [0.25, 0.3) is 0 Å². The number of carboxylic acids is 1. The molecule has 3 aromatic rings. The SMILES string of the molecule is O=C(C=Cc1ccccc1)Oc1ccc2ccccc2c1C(=O)O. The van der Waals surface area contributed by atoms with Crippen molar-refractivity contribution in [1.82, 2.24) is 0 Å². The molecule has 0 saturated carbocycles. The first-order chi connectivity index (χ1) is 11.6. The third kappa shape index (κ3) is 3.33. The van der Waals surface area contributed by atoms with Crippen LogP contribution in [0, 0.1) is 0 Å². The largest absolute Gasteiger partial charge is 0.478 e. The quantitative estimate of drug-likeness (QED) is 0.446. The lowest BCUT2D eigenvalue weighted by Gasteiger charge is -2.09. The first-order valence-corrected chi connectivity index (χ1v) is 7.35. The standard InChI is InChI=1S/C20H14O4/c21-18(13-10-14-6-2-1-3-7-14)24-17-12-11-15-8-4-5-9-16(15)19(17)20(22)23/h1-13H,(H,22,23). The summed E-state index contributed by atoms with van der Waals surface area (Å²) in [4.78, 5) is 23.6. The molecule has 0 unspecified atom stereocenters. The van der Waals surface area contributed by atoms with Crippen molar-refractivity contribution < 1.29 is 19.4 Å². The van der Waals surface area contributed by atoms with Crippen LogP contribution in [0.1, 0.15) is 15.9 Å². The van der Waals surface area contributed by atoms with Crippen LogP contribution >= 0.6 is 0 Å². The number of fused-ring (bicyclic) bond motifs is 1. The minimum Gasteiger partial charge on any atom is -0.478 e. The highest BCUT2D eigenvalue weighted by atomic mass is 16.5. The summed E-state index contributed by atoms with van der Waals surface area (Å²) >= 11 is 0. The van der Waals surface area contributed by atoms with Crippen LogP contribution in [0.3, 0.4) is 0 Å². The van der Waals surface area contributed by atoms with Gasteiger partial charge in [-0.15, -0.1) is 0 Å². The van der Waals surface area contributed by atoms with Crippen molar-refractivity contribution in [3.05, 3.63) is 83.9 Å². The second kappa shape index (κ2) is 6.79. The van der Waals surface area contributed by atoms with E-state index < -0.39 is 11.9 Å². The van der Waals surface area contributed by atoms with Crippen LogP contribution in [-0.2, 0) is 4.79 Å². The van der Waals surface area contributed by atoms with E-state index in [-0.39, 0.29) is 11.3 Å². The number of aromatic carboxylic acids is 1. The van der Waals surface area contributed by atoms with Crippen molar-refractivity contribution in [2.75, 3.05) is 0 Å². The smallest absolute Gasteiger partial charge is 0.340 e. The Labute approximate surface area is 138 Å². The Hall–Kier alpha value is -3.40. The van der Waals surface area contributed by atoms with Gasteiger partial charge in [-0.2, -0.15) is 0 Å².